The summed E-state index contributed by atoms with van der Waals surface area (Å²) in [6.07, 6.45) is 0. The van der Waals surface area contributed by atoms with E-state index in [9.17, 15) is 9.18 Å². The van der Waals surface area contributed by atoms with Gasteiger partial charge in [-0.3, -0.25) is 4.79 Å². The maximum atomic E-state index is 13.3. The molecule has 0 heterocycles. The number of ether oxygens (including phenoxy) is 1. The van der Waals surface area contributed by atoms with Crippen molar-refractivity contribution in [3.8, 4) is 5.75 Å². The van der Waals surface area contributed by atoms with Gasteiger partial charge in [0.1, 0.15) is 11.6 Å². The molecule has 0 spiro atoms. The average Bonchev–Trinajstić information content (AvgIpc) is 2.39. The molecule has 0 aromatic heterocycles. The highest BCUT2D eigenvalue weighted by Gasteiger charge is 2.07. The van der Waals surface area contributed by atoms with Gasteiger partial charge >= 0.3 is 0 Å². The van der Waals surface area contributed by atoms with Gasteiger partial charge in [0.05, 0.1) is 5.69 Å². The fraction of sp³-hybridized carbons (Fsp3) is 0.0714. The number of anilines is 1. The van der Waals surface area contributed by atoms with E-state index in [-0.39, 0.29) is 12.3 Å². The number of para-hydroxylation sites is 1. The summed E-state index contributed by atoms with van der Waals surface area (Å²) < 4.78 is 19.6. The van der Waals surface area contributed by atoms with Crippen molar-refractivity contribution in [3.05, 3.63) is 57.9 Å². The Balaban J connectivity index is 1.90. The summed E-state index contributed by atoms with van der Waals surface area (Å²) >= 11 is 2.16. The molecule has 98 valence electrons. The third-order valence-electron chi connectivity index (χ3n) is 2.31. The maximum Gasteiger partial charge on any atom is 0.262 e. The second-order valence-corrected chi connectivity index (χ2v) is 5.02. The third kappa shape index (κ3) is 4.20. The molecule has 0 aliphatic carbocycles. The first kappa shape index (κ1) is 13.8. The molecule has 1 amide bonds. The van der Waals surface area contributed by atoms with Crippen molar-refractivity contribution >= 4 is 34.2 Å². The van der Waals surface area contributed by atoms with Crippen molar-refractivity contribution in [1.82, 2.24) is 0 Å². The van der Waals surface area contributed by atoms with Gasteiger partial charge < -0.3 is 10.1 Å². The Hall–Kier alpha value is -1.63. The van der Waals surface area contributed by atoms with E-state index in [1.165, 1.54) is 12.1 Å². The van der Waals surface area contributed by atoms with Crippen LogP contribution in [0.3, 0.4) is 0 Å². The van der Waals surface area contributed by atoms with Crippen LogP contribution in [0.1, 0.15) is 0 Å². The van der Waals surface area contributed by atoms with Gasteiger partial charge in [0.15, 0.2) is 6.61 Å². The Morgan fingerprint density at radius 3 is 2.74 bits per heavy atom. The minimum atomic E-state index is -0.467. The first-order valence-corrected chi connectivity index (χ1v) is 6.66. The predicted molar refractivity (Wildman–Crippen MR) is 79.7 cm³/mol. The Morgan fingerprint density at radius 1 is 1.21 bits per heavy atom. The predicted octanol–water partition coefficient (Wildman–Crippen LogP) is 3.45. The maximum absolute atomic E-state index is 13.3. The van der Waals surface area contributed by atoms with Crippen molar-refractivity contribution < 1.29 is 13.9 Å². The second-order valence-electron chi connectivity index (χ2n) is 3.77. The van der Waals surface area contributed by atoms with Crippen LogP contribution in [-0.4, -0.2) is 12.5 Å². The van der Waals surface area contributed by atoms with E-state index in [0.29, 0.717) is 5.75 Å². The molecule has 2 aromatic rings. The molecular formula is C14H11FINO2. The molecule has 0 unspecified atom stereocenters. The van der Waals surface area contributed by atoms with Gasteiger partial charge in [0.2, 0.25) is 0 Å². The zero-order valence-corrected chi connectivity index (χ0v) is 12.1. The SMILES string of the molecule is O=C(COc1cccc(I)c1)Nc1ccccc1F. The van der Waals surface area contributed by atoms with Gasteiger partial charge in [-0.2, -0.15) is 0 Å². The molecular weight excluding hydrogens is 360 g/mol. The highest BCUT2D eigenvalue weighted by Crippen LogP contribution is 2.15. The molecule has 5 heteroatoms. The van der Waals surface area contributed by atoms with E-state index in [1.54, 1.807) is 18.2 Å². The highest BCUT2D eigenvalue weighted by atomic mass is 127. The van der Waals surface area contributed by atoms with Crippen LogP contribution >= 0.6 is 22.6 Å². The molecule has 1 N–H and O–H groups in total. The molecule has 2 rings (SSSR count). The van der Waals surface area contributed by atoms with Crippen molar-refractivity contribution in [2.24, 2.45) is 0 Å². The first-order valence-electron chi connectivity index (χ1n) is 5.58. The molecule has 19 heavy (non-hydrogen) atoms. The molecule has 3 nitrogen and oxygen atoms in total. The molecule has 0 atom stereocenters. The minimum Gasteiger partial charge on any atom is -0.484 e. The summed E-state index contributed by atoms with van der Waals surface area (Å²) in [5.41, 5.74) is 0.152. The van der Waals surface area contributed by atoms with Crippen LogP contribution in [-0.2, 0) is 4.79 Å². The average molecular weight is 371 g/mol. The van der Waals surface area contributed by atoms with Crippen LogP contribution in [0.15, 0.2) is 48.5 Å². The normalized spacial score (nSPS) is 10.0. The number of halogens is 2. The lowest BCUT2D eigenvalue weighted by molar-refractivity contribution is -0.118. The zero-order valence-electron chi connectivity index (χ0n) is 9.90. The van der Waals surface area contributed by atoms with Gasteiger partial charge in [-0.25, -0.2) is 4.39 Å². The van der Waals surface area contributed by atoms with Crippen LogP contribution in [0.5, 0.6) is 5.75 Å². The molecule has 0 saturated heterocycles. The summed E-state index contributed by atoms with van der Waals surface area (Å²) in [6.45, 7) is -0.158. The number of rotatable bonds is 4. The first-order chi connectivity index (χ1) is 9.15. The molecule has 0 aliphatic heterocycles. The fourth-order valence-electron chi connectivity index (χ4n) is 1.45. The molecule has 0 aliphatic rings. The van der Waals surface area contributed by atoms with Gasteiger partial charge in [0, 0.05) is 3.57 Å². The van der Waals surface area contributed by atoms with E-state index in [0.717, 1.165) is 3.57 Å². The van der Waals surface area contributed by atoms with E-state index in [1.807, 2.05) is 18.2 Å². The Labute approximate surface area is 123 Å². The summed E-state index contributed by atoms with van der Waals surface area (Å²) in [6, 6.07) is 13.3. The standard InChI is InChI=1S/C14H11FINO2/c15-12-6-1-2-7-13(12)17-14(18)9-19-11-5-3-4-10(16)8-11/h1-8H,9H2,(H,17,18). The second kappa shape index (κ2) is 6.51. The summed E-state index contributed by atoms with van der Waals surface area (Å²) in [5.74, 6) is -0.260. The highest BCUT2D eigenvalue weighted by molar-refractivity contribution is 14.1. The lowest BCUT2D eigenvalue weighted by Gasteiger charge is -2.08. The van der Waals surface area contributed by atoms with E-state index < -0.39 is 11.7 Å². The van der Waals surface area contributed by atoms with Gasteiger partial charge in [0.25, 0.3) is 5.91 Å². The van der Waals surface area contributed by atoms with Crippen LogP contribution in [0.4, 0.5) is 10.1 Å². The number of hydrogen-bond acceptors (Lipinski definition) is 2. The van der Waals surface area contributed by atoms with Crippen LogP contribution in [0, 0.1) is 9.39 Å². The molecule has 0 bridgehead atoms. The molecule has 0 saturated carbocycles. The van der Waals surface area contributed by atoms with E-state index in [4.69, 9.17) is 4.74 Å². The van der Waals surface area contributed by atoms with E-state index >= 15 is 0 Å². The van der Waals surface area contributed by atoms with Crippen molar-refractivity contribution in [2.75, 3.05) is 11.9 Å². The molecule has 0 radical (unpaired) electrons. The zero-order chi connectivity index (χ0) is 13.7. The molecule has 2 aromatic carbocycles. The minimum absolute atomic E-state index is 0.152. The number of nitrogens with one attached hydrogen (secondary N) is 1. The quantitative estimate of drug-likeness (QED) is 0.837. The van der Waals surface area contributed by atoms with Crippen LogP contribution in [0.2, 0.25) is 0 Å². The van der Waals surface area contributed by atoms with Gasteiger partial charge in [-0.1, -0.05) is 18.2 Å². The Kier molecular flexibility index (Phi) is 4.73. The number of carbonyl (C=O) groups excluding carboxylic acids is 1. The van der Waals surface area contributed by atoms with Crippen molar-refractivity contribution in [3.63, 3.8) is 0 Å². The number of benzene rings is 2. The lowest BCUT2D eigenvalue weighted by atomic mass is 10.3. The van der Waals surface area contributed by atoms with Crippen LogP contribution in [0.25, 0.3) is 0 Å². The number of carbonyl (C=O) groups is 1. The third-order valence-corrected chi connectivity index (χ3v) is 2.98. The lowest BCUT2D eigenvalue weighted by Crippen LogP contribution is -2.20. The number of amides is 1. The summed E-state index contributed by atoms with van der Waals surface area (Å²) in [7, 11) is 0. The molecule has 0 fully saturated rings. The Morgan fingerprint density at radius 2 is 2.00 bits per heavy atom. The fourth-order valence-corrected chi connectivity index (χ4v) is 1.97. The Bertz CT molecular complexity index is 589. The summed E-state index contributed by atoms with van der Waals surface area (Å²) in [4.78, 5) is 11.6. The smallest absolute Gasteiger partial charge is 0.262 e. The van der Waals surface area contributed by atoms with Gasteiger partial charge in [-0.15, -0.1) is 0 Å². The topological polar surface area (TPSA) is 38.3 Å². The largest absolute Gasteiger partial charge is 0.484 e. The van der Waals surface area contributed by atoms with Crippen LogP contribution < -0.4 is 10.1 Å². The van der Waals surface area contributed by atoms with Crippen molar-refractivity contribution in [2.45, 2.75) is 0 Å². The van der Waals surface area contributed by atoms with Gasteiger partial charge in [-0.05, 0) is 52.9 Å². The summed E-state index contributed by atoms with van der Waals surface area (Å²) in [5, 5.41) is 2.45. The monoisotopic (exact) mass is 371 g/mol. The number of hydrogen-bond donors (Lipinski definition) is 1. The van der Waals surface area contributed by atoms with Crippen molar-refractivity contribution in [1.29, 1.82) is 0 Å². The van der Waals surface area contributed by atoms with E-state index in [2.05, 4.69) is 27.9 Å².